The van der Waals surface area contributed by atoms with Crippen molar-refractivity contribution in [2.45, 2.75) is 19.4 Å². The van der Waals surface area contributed by atoms with Crippen molar-refractivity contribution >= 4 is 22.5 Å². The highest BCUT2D eigenvalue weighted by Crippen LogP contribution is 2.23. The number of anilines is 1. The number of nitrogens with one attached hydrogen (secondary N) is 2. The van der Waals surface area contributed by atoms with Crippen LogP contribution in [0.25, 0.3) is 10.8 Å². The van der Waals surface area contributed by atoms with Crippen molar-refractivity contribution in [2.75, 3.05) is 19.1 Å². The molecular formula is C15H20N4O2. The van der Waals surface area contributed by atoms with Crippen molar-refractivity contribution in [1.82, 2.24) is 10.3 Å². The first-order chi connectivity index (χ1) is 10.2. The molecule has 0 aliphatic rings. The Bertz CT molecular complexity index is 630. The highest BCUT2D eigenvalue weighted by molar-refractivity contribution is 6.09. The van der Waals surface area contributed by atoms with Gasteiger partial charge in [0.1, 0.15) is 5.82 Å². The minimum absolute atomic E-state index is 0.0310. The van der Waals surface area contributed by atoms with Gasteiger partial charge in [-0.25, -0.2) is 10.8 Å². The third kappa shape index (κ3) is 3.48. The summed E-state index contributed by atoms with van der Waals surface area (Å²) in [7, 11) is 1.64. The number of ether oxygens (including phenoxy) is 1. The normalized spacial score (nSPS) is 12.1. The van der Waals surface area contributed by atoms with Crippen molar-refractivity contribution in [3.05, 3.63) is 36.0 Å². The smallest absolute Gasteiger partial charge is 0.253 e. The van der Waals surface area contributed by atoms with Crippen LogP contribution in [-0.4, -0.2) is 30.6 Å². The second kappa shape index (κ2) is 7.01. The van der Waals surface area contributed by atoms with Gasteiger partial charge in [-0.2, -0.15) is 0 Å². The lowest BCUT2D eigenvalue weighted by Gasteiger charge is -2.15. The lowest BCUT2D eigenvalue weighted by Crippen LogP contribution is -2.33. The molecule has 0 aliphatic carbocycles. The maximum Gasteiger partial charge on any atom is 0.253 e. The molecule has 0 bridgehead atoms. The molecule has 2 aromatic rings. The van der Waals surface area contributed by atoms with Gasteiger partial charge in [0.15, 0.2) is 0 Å². The summed E-state index contributed by atoms with van der Waals surface area (Å²) in [4.78, 5) is 16.6. The van der Waals surface area contributed by atoms with Gasteiger partial charge in [-0.05, 0) is 18.7 Å². The Morgan fingerprint density at radius 1 is 1.38 bits per heavy atom. The molecule has 1 atom stereocenters. The van der Waals surface area contributed by atoms with Gasteiger partial charge in [-0.15, -0.1) is 0 Å². The van der Waals surface area contributed by atoms with E-state index in [0.717, 1.165) is 17.2 Å². The molecule has 0 saturated heterocycles. The molecule has 1 aromatic carbocycles. The van der Waals surface area contributed by atoms with Gasteiger partial charge in [-0.1, -0.05) is 24.3 Å². The largest absolute Gasteiger partial charge is 0.385 e. The Kier molecular flexibility index (Phi) is 5.08. The topological polar surface area (TPSA) is 89.3 Å². The number of rotatable bonds is 6. The Balaban J connectivity index is 2.28. The van der Waals surface area contributed by atoms with E-state index < -0.39 is 0 Å². The van der Waals surface area contributed by atoms with Gasteiger partial charge < -0.3 is 15.5 Å². The van der Waals surface area contributed by atoms with E-state index in [1.165, 1.54) is 6.20 Å². The lowest BCUT2D eigenvalue weighted by molar-refractivity contribution is 0.0931. The molecule has 1 aromatic heterocycles. The molecule has 0 saturated carbocycles. The zero-order valence-corrected chi connectivity index (χ0v) is 12.2. The maximum atomic E-state index is 12.4. The molecule has 112 valence electrons. The van der Waals surface area contributed by atoms with Crippen LogP contribution in [0.3, 0.4) is 0 Å². The first-order valence-corrected chi connectivity index (χ1v) is 6.81. The van der Waals surface area contributed by atoms with Crippen LogP contribution in [0.15, 0.2) is 30.5 Å². The average Bonchev–Trinajstić information content (AvgIpc) is 2.51. The number of hydrazine groups is 1. The summed E-state index contributed by atoms with van der Waals surface area (Å²) >= 11 is 0. The summed E-state index contributed by atoms with van der Waals surface area (Å²) in [5, 5.41) is 4.58. The van der Waals surface area contributed by atoms with Gasteiger partial charge in [0.2, 0.25) is 0 Å². The van der Waals surface area contributed by atoms with Crippen LogP contribution in [0.5, 0.6) is 0 Å². The van der Waals surface area contributed by atoms with Gasteiger partial charge in [0.25, 0.3) is 5.91 Å². The summed E-state index contributed by atoms with van der Waals surface area (Å²) in [6, 6.07) is 7.56. The Morgan fingerprint density at radius 3 is 2.76 bits per heavy atom. The van der Waals surface area contributed by atoms with Crippen molar-refractivity contribution in [3.8, 4) is 0 Å². The second-order valence-electron chi connectivity index (χ2n) is 4.87. The number of hydrogen-bond acceptors (Lipinski definition) is 5. The van der Waals surface area contributed by atoms with Crippen molar-refractivity contribution < 1.29 is 9.53 Å². The van der Waals surface area contributed by atoms with Crippen LogP contribution >= 0.6 is 0 Å². The standard InChI is InChI=1S/C15H20N4O2/c1-10(7-8-21-2)18-15(20)13-9-17-14(19-16)12-6-4-3-5-11(12)13/h3-6,9-10H,7-8,16H2,1-2H3,(H,17,19)(H,18,20). The highest BCUT2D eigenvalue weighted by Gasteiger charge is 2.15. The Labute approximate surface area is 123 Å². The predicted octanol–water partition coefficient (Wildman–Crippen LogP) is 1.68. The number of hydrogen-bond donors (Lipinski definition) is 3. The van der Waals surface area contributed by atoms with Crippen LogP contribution < -0.4 is 16.6 Å². The molecule has 2 rings (SSSR count). The Hall–Kier alpha value is -2.18. The van der Waals surface area contributed by atoms with Crippen LogP contribution in [0.1, 0.15) is 23.7 Å². The molecule has 1 unspecified atom stereocenters. The minimum atomic E-state index is -0.147. The number of carbonyl (C=O) groups excluding carboxylic acids is 1. The lowest BCUT2D eigenvalue weighted by atomic mass is 10.1. The summed E-state index contributed by atoms with van der Waals surface area (Å²) in [6.07, 6.45) is 2.30. The van der Waals surface area contributed by atoms with E-state index in [0.29, 0.717) is 18.0 Å². The SMILES string of the molecule is COCCC(C)NC(=O)c1cnc(NN)c2ccccc12. The number of aromatic nitrogens is 1. The number of fused-ring (bicyclic) bond motifs is 1. The minimum Gasteiger partial charge on any atom is -0.385 e. The summed E-state index contributed by atoms with van der Waals surface area (Å²) < 4.78 is 5.01. The molecule has 0 radical (unpaired) electrons. The van der Waals surface area contributed by atoms with Crippen LogP contribution in [0.2, 0.25) is 0 Å². The number of amides is 1. The maximum absolute atomic E-state index is 12.4. The van der Waals surface area contributed by atoms with E-state index >= 15 is 0 Å². The molecule has 21 heavy (non-hydrogen) atoms. The summed E-state index contributed by atoms with van der Waals surface area (Å²) in [5.74, 6) is 5.85. The first-order valence-electron chi connectivity index (χ1n) is 6.81. The van der Waals surface area contributed by atoms with E-state index in [-0.39, 0.29) is 11.9 Å². The van der Waals surface area contributed by atoms with Gasteiger partial charge in [0.05, 0.1) is 5.56 Å². The number of nitrogen functional groups attached to an aromatic ring is 1. The number of methoxy groups -OCH3 is 1. The number of nitrogens with zero attached hydrogens (tertiary/aromatic N) is 1. The third-order valence-corrected chi connectivity index (χ3v) is 3.31. The molecule has 0 fully saturated rings. The highest BCUT2D eigenvalue weighted by atomic mass is 16.5. The first kappa shape index (κ1) is 15.2. The van der Waals surface area contributed by atoms with Crippen LogP contribution in [0.4, 0.5) is 5.82 Å². The van der Waals surface area contributed by atoms with E-state index in [2.05, 4.69) is 15.7 Å². The fraction of sp³-hybridized carbons (Fsp3) is 0.333. The molecule has 4 N–H and O–H groups in total. The van der Waals surface area contributed by atoms with Crippen molar-refractivity contribution in [3.63, 3.8) is 0 Å². The fourth-order valence-electron chi connectivity index (χ4n) is 2.16. The van der Waals surface area contributed by atoms with Crippen molar-refractivity contribution in [2.24, 2.45) is 5.84 Å². The molecule has 1 amide bonds. The van der Waals surface area contributed by atoms with Crippen LogP contribution in [0, 0.1) is 0 Å². The zero-order chi connectivity index (χ0) is 15.2. The monoisotopic (exact) mass is 288 g/mol. The third-order valence-electron chi connectivity index (χ3n) is 3.31. The van der Waals surface area contributed by atoms with Gasteiger partial charge >= 0.3 is 0 Å². The predicted molar refractivity (Wildman–Crippen MR) is 83.0 cm³/mol. The second-order valence-corrected chi connectivity index (χ2v) is 4.87. The summed E-state index contributed by atoms with van der Waals surface area (Å²) in [5.41, 5.74) is 3.08. The van der Waals surface area contributed by atoms with Gasteiger partial charge in [-0.3, -0.25) is 4.79 Å². The zero-order valence-electron chi connectivity index (χ0n) is 12.2. The van der Waals surface area contributed by atoms with E-state index in [4.69, 9.17) is 10.6 Å². The summed E-state index contributed by atoms with van der Waals surface area (Å²) in [6.45, 7) is 2.55. The molecule has 0 spiro atoms. The Morgan fingerprint density at radius 2 is 2.10 bits per heavy atom. The number of carbonyl (C=O) groups is 1. The molecule has 6 heteroatoms. The number of nitrogens with two attached hydrogens (primary N) is 1. The number of pyridine rings is 1. The average molecular weight is 288 g/mol. The van der Waals surface area contributed by atoms with E-state index in [9.17, 15) is 4.79 Å². The van der Waals surface area contributed by atoms with E-state index in [1.807, 2.05) is 31.2 Å². The quantitative estimate of drug-likeness (QED) is 0.556. The van der Waals surface area contributed by atoms with E-state index in [1.54, 1.807) is 7.11 Å². The molecule has 0 aliphatic heterocycles. The molecule has 1 heterocycles. The van der Waals surface area contributed by atoms with Crippen LogP contribution in [-0.2, 0) is 4.74 Å². The van der Waals surface area contributed by atoms with Gasteiger partial charge in [0, 0.05) is 31.3 Å². The number of benzene rings is 1. The fourth-order valence-corrected chi connectivity index (χ4v) is 2.16. The molecule has 6 nitrogen and oxygen atoms in total. The van der Waals surface area contributed by atoms with Crippen molar-refractivity contribution in [1.29, 1.82) is 0 Å². The molecular weight excluding hydrogens is 268 g/mol.